The summed E-state index contributed by atoms with van der Waals surface area (Å²) in [5.41, 5.74) is 9.91. The fourth-order valence-electron chi connectivity index (χ4n) is 5.69. The summed E-state index contributed by atoms with van der Waals surface area (Å²) in [7, 11) is 0. The molecule has 6 rings (SSSR count). The van der Waals surface area contributed by atoms with Crippen molar-refractivity contribution in [3.8, 4) is 11.5 Å². The second kappa shape index (κ2) is 7.86. The summed E-state index contributed by atoms with van der Waals surface area (Å²) in [6, 6.07) is 26.6. The average Bonchev–Trinajstić information content (AvgIpc) is 2.83. The van der Waals surface area contributed by atoms with Crippen LogP contribution in [0.25, 0.3) is 21.5 Å². The molecule has 2 heteroatoms. The van der Waals surface area contributed by atoms with Crippen LogP contribution in [0.3, 0.4) is 0 Å². The van der Waals surface area contributed by atoms with Gasteiger partial charge in [0.15, 0.2) is 11.5 Å². The van der Waals surface area contributed by atoms with Gasteiger partial charge in [0.25, 0.3) is 0 Å². The monoisotopic (exact) mass is 471 g/mol. The summed E-state index contributed by atoms with van der Waals surface area (Å²) in [6.07, 6.45) is 0. The zero-order valence-electron chi connectivity index (χ0n) is 22.3. The van der Waals surface area contributed by atoms with Crippen LogP contribution in [-0.4, -0.2) is 0 Å². The van der Waals surface area contributed by atoms with Crippen LogP contribution in [0.1, 0.15) is 48.6 Å². The molecule has 0 aliphatic carbocycles. The molecule has 36 heavy (non-hydrogen) atoms. The minimum absolute atomic E-state index is 0.0930. The lowest BCUT2D eigenvalue weighted by Gasteiger charge is -2.37. The first-order valence-corrected chi connectivity index (χ1v) is 12.8. The molecule has 5 aromatic carbocycles. The third-order valence-corrected chi connectivity index (χ3v) is 7.55. The first-order chi connectivity index (χ1) is 17.1. The second-order valence-corrected chi connectivity index (χ2v) is 11.4. The summed E-state index contributed by atoms with van der Waals surface area (Å²) >= 11 is 0. The Morgan fingerprint density at radius 2 is 1.28 bits per heavy atom. The zero-order chi connectivity index (χ0) is 25.4. The van der Waals surface area contributed by atoms with E-state index in [1.54, 1.807) is 0 Å². The Labute approximate surface area is 214 Å². The van der Waals surface area contributed by atoms with Gasteiger partial charge in [-0.1, -0.05) is 87.0 Å². The van der Waals surface area contributed by atoms with Crippen molar-refractivity contribution in [2.75, 3.05) is 4.90 Å². The van der Waals surface area contributed by atoms with Gasteiger partial charge in [-0.3, -0.25) is 0 Å². The standard InChI is InChI=1S/C34H33NO/c1-20-12-14-27-24(16-20)13-15-29-32(27)36-33-28-11-9-8-10-26(28)21(2)19-30(33)35(29)31-22(3)17-25(18-23(31)4)34(5,6)7/h8-19H,1-7H3. The Bertz CT molecular complexity index is 1660. The summed E-state index contributed by atoms with van der Waals surface area (Å²) in [6.45, 7) is 15.7. The maximum Gasteiger partial charge on any atom is 0.159 e. The highest BCUT2D eigenvalue weighted by molar-refractivity contribution is 6.05. The van der Waals surface area contributed by atoms with Crippen LogP contribution in [0, 0.1) is 27.7 Å². The van der Waals surface area contributed by atoms with Gasteiger partial charge < -0.3 is 9.64 Å². The van der Waals surface area contributed by atoms with Gasteiger partial charge >= 0.3 is 0 Å². The van der Waals surface area contributed by atoms with Crippen molar-refractivity contribution < 1.29 is 4.74 Å². The highest BCUT2D eigenvalue weighted by Gasteiger charge is 2.31. The van der Waals surface area contributed by atoms with Gasteiger partial charge in [-0.2, -0.15) is 0 Å². The number of hydrogen-bond acceptors (Lipinski definition) is 2. The lowest BCUT2D eigenvalue weighted by Crippen LogP contribution is -2.20. The number of ether oxygens (including phenoxy) is 1. The molecule has 0 saturated heterocycles. The number of hydrogen-bond donors (Lipinski definition) is 0. The van der Waals surface area contributed by atoms with E-state index in [2.05, 4.69) is 126 Å². The maximum atomic E-state index is 6.87. The minimum Gasteiger partial charge on any atom is -0.452 e. The van der Waals surface area contributed by atoms with Crippen LogP contribution in [-0.2, 0) is 5.41 Å². The average molecular weight is 472 g/mol. The van der Waals surface area contributed by atoms with Crippen LogP contribution in [0.15, 0.2) is 72.8 Å². The number of anilines is 3. The van der Waals surface area contributed by atoms with E-state index in [0.29, 0.717) is 0 Å². The predicted molar refractivity (Wildman–Crippen MR) is 154 cm³/mol. The van der Waals surface area contributed by atoms with Gasteiger partial charge in [-0.25, -0.2) is 0 Å². The highest BCUT2D eigenvalue weighted by atomic mass is 16.5. The number of nitrogens with zero attached hydrogens (tertiary/aromatic N) is 1. The molecule has 5 aromatic rings. The third kappa shape index (κ3) is 3.39. The van der Waals surface area contributed by atoms with E-state index in [-0.39, 0.29) is 5.41 Å². The van der Waals surface area contributed by atoms with Gasteiger partial charge in [0.05, 0.1) is 17.1 Å². The molecule has 1 aliphatic heterocycles. The van der Waals surface area contributed by atoms with Crippen molar-refractivity contribution in [3.63, 3.8) is 0 Å². The Morgan fingerprint density at radius 1 is 0.611 bits per heavy atom. The van der Waals surface area contributed by atoms with Crippen molar-refractivity contribution in [2.24, 2.45) is 0 Å². The van der Waals surface area contributed by atoms with Crippen molar-refractivity contribution in [3.05, 3.63) is 101 Å². The van der Waals surface area contributed by atoms with E-state index in [4.69, 9.17) is 4.74 Å². The van der Waals surface area contributed by atoms with Crippen molar-refractivity contribution in [2.45, 2.75) is 53.9 Å². The van der Waals surface area contributed by atoms with Gasteiger partial charge in [0.1, 0.15) is 0 Å². The van der Waals surface area contributed by atoms with Crippen LogP contribution >= 0.6 is 0 Å². The van der Waals surface area contributed by atoms with Gasteiger partial charge in [0.2, 0.25) is 0 Å². The largest absolute Gasteiger partial charge is 0.452 e. The normalized spacial score (nSPS) is 13.0. The molecule has 0 amide bonds. The van der Waals surface area contributed by atoms with E-state index in [9.17, 15) is 0 Å². The van der Waals surface area contributed by atoms with Crippen LogP contribution in [0.5, 0.6) is 11.5 Å². The Morgan fingerprint density at radius 3 is 1.97 bits per heavy atom. The fraction of sp³-hybridized carbons (Fsp3) is 0.235. The molecule has 0 bridgehead atoms. The van der Waals surface area contributed by atoms with E-state index < -0.39 is 0 Å². The number of fused-ring (bicyclic) bond motifs is 6. The lowest BCUT2D eigenvalue weighted by molar-refractivity contribution is 0.488. The molecule has 0 N–H and O–H groups in total. The summed E-state index contributed by atoms with van der Waals surface area (Å²) in [4.78, 5) is 2.43. The highest BCUT2D eigenvalue weighted by Crippen LogP contribution is 2.56. The molecule has 0 radical (unpaired) electrons. The molecule has 180 valence electrons. The summed E-state index contributed by atoms with van der Waals surface area (Å²) in [5.74, 6) is 1.85. The number of rotatable bonds is 1. The van der Waals surface area contributed by atoms with E-state index in [1.165, 1.54) is 44.3 Å². The Hall–Kier alpha value is -3.78. The topological polar surface area (TPSA) is 12.5 Å². The molecular weight excluding hydrogens is 438 g/mol. The van der Waals surface area contributed by atoms with Crippen molar-refractivity contribution >= 4 is 38.6 Å². The van der Waals surface area contributed by atoms with Crippen LogP contribution in [0.2, 0.25) is 0 Å². The lowest BCUT2D eigenvalue weighted by atomic mass is 9.84. The van der Waals surface area contributed by atoms with Crippen LogP contribution < -0.4 is 9.64 Å². The maximum absolute atomic E-state index is 6.87. The van der Waals surface area contributed by atoms with Crippen LogP contribution in [0.4, 0.5) is 17.1 Å². The molecule has 2 nitrogen and oxygen atoms in total. The Balaban J connectivity index is 1.72. The molecule has 0 unspecified atom stereocenters. The molecule has 1 aliphatic rings. The van der Waals surface area contributed by atoms with Crippen molar-refractivity contribution in [1.82, 2.24) is 0 Å². The quantitative estimate of drug-likeness (QED) is 0.236. The molecular formula is C34H33NO. The SMILES string of the molecule is Cc1ccc2c3c(ccc2c1)N(c1c(C)cc(C(C)(C)C)cc1C)c1cc(C)c2ccccc2c1O3. The minimum atomic E-state index is 0.0930. The first-order valence-electron chi connectivity index (χ1n) is 12.8. The molecule has 0 aromatic heterocycles. The van der Waals surface area contributed by atoms with Gasteiger partial charge in [0, 0.05) is 10.8 Å². The second-order valence-electron chi connectivity index (χ2n) is 11.4. The van der Waals surface area contributed by atoms with E-state index >= 15 is 0 Å². The molecule has 0 spiro atoms. The Kier molecular flexibility index (Phi) is 4.95. The number of benzene rings is 5. The summed E-state index contributed by atoms with van der Waals surface area (Å²) < 4.78 is 6.87. The molecule has 0 fully saturated rings. The summed E-state index contributed by atoms with van der Waals surface area (Å²) in [5, 5.41) is 4.71. The first kappa shape index (κ1) is 22.7. The molecule has 0 saturated carbocycles. The van der Waals surface area contributed by atoms with E-state index in [0.717, 1.165) is 33.6 Å². The van der Waals surface area contributed by atoms with E-state index in [1.807, 2.05) is 0 Å². The zero-order valence-corrected chi connectivity index (χ0v) is 22.3. The molecule has 1 heterocycles. The third-order valence-electron chi connectivity index (χ3n) is 7.55. The smallest absolute Gasteiger partial charge is 0.159 e. The molecule has 0 atom stereocenters. The predicted octanol–water partition coefficient (Wildman–Crippen LogP) is 10.1. The van der Waals surface area contributed by atoms with Gasteiger partial charge in [-0.05, 0) is 78.3 Å². The van der Waals surface area contributed by atoms with Gasteiger partial charge in [-0.15, -0.1) is 0 Å². The number of aryl methyl sites for hydroxylation is 4. The van der Waals surface area contributed by atoms with Crippen molar-refractivity contribution in [1.29, 1.82) is 0 Å². The fourth-order valence-corrected chi connectivity index (χ4v) is 5.69.